The van der Waals surface area contributed by atoms with Crippen LogP contribution in [0.1, 0.15) is 22.3 Å². The van der Waals surface area contributed by atoms with Crippen LogP contribution >= 0.6 is 7.75 Å². The van der Waals surface area contributed by atoms with Crippen LogP contribution in [0.3, 0.4) is 0 Å². The number of amides is 1. The maximum absolute atomic E-state index is 12.7. The first-order chi connectivity index (χ1) is 14.7. The van der Waals surface area contributed by atoms with Crippen molar-refractivity contribution in [2.24, 2.45) is 0 Å². The van der Waals surface area contributed by atoms with Crippen LogP contribution in [-0.4, -0.2) is 54.7 Å². The van der Waals surface area contributed by atoms with Crippen molar-refractivity contribution in [2.45, 2.75) is 13.0 Å². The highest BCUT2D eigenvalue weighted by atomic mass is 31.2. The van der Waals surface area contributed by atoms with E-state index in [1.165, 1.54) is 27.8 Å². The topological polar surface area (TPSA) is 111 Å². The number of carbonyl (C=O) groups is 1. The van der Waals surface area contributed by atoms with Crippen molar-refractivity contribution in [1.29, 1.82) is 0 Å². The summed E-state index contributed by atoms with van der Waals surface area (Å²) in [5.74, 6) is 0.176. The maximum atomic E-state index is 12.7. The first-order valence-electron chi connectivity index (χ1n) is 9.57. The average molecular weight is 449 g/mol. The lowest BCUT2D eigenvalue weighted by Crippen LogP contribution is -2.25. The van der Waals surface area contributed by atoms with E-state index in [1.54, 1.807) is 45.4 Å². The van der Waals surface area contributed by atoms with E-state index in [0.717, 1.165) is 6.42 Å². The standard InChI is InChI=1S/C20H24N3O7P/c1-21(2)20(24)16-6-8-17(9-7-16)30-19-13-15(5-10-18(19)23(25)26)14-29-31(27)22(3)11-4-12-28-31/h5-10,13H,4,11-12,14H2,1-3H3. The molecule has 0 aliphatic carbocycles. The molecule has 2 aromatic carbocycles. The summed E-state index contributed by atoms with van der Waals surface area (Å²) in [6.45, 7) is 0.882. The molecule has 1 fully saturated rings. The Labute approximate surface area is 180 Å². The number of carbonyl (C=O) groups excluding carboxylic acids is 1. The summed E-state index contributed by atoms with van der Waals surface area (Å²) < 4.78 is 30.8. The molecule has 3 rings (SSSR count). The van der Waals surface area contributed by atoms with E-state index in [2.05, 4.69) is 0 Å². The van der Waals surface area contributed by atoms with E-state index < -0.39 is 12.7 Å². The quantitative estimate of drug-likeness (QED) is 0.353. The molecule has 1 aliphatic rings. The van der Waals surface area contributed by atoms with E-state index in [4.69, 9.17) is 13.8 Å². The summed E-state index contributed by atoms with van der Waals surface area (Å²) in [5, 5.41) is 11.4. The van der Waals surface area contributed by atoms with Gasteiger partial charge in [0.15, 0.2) is 0 Å². The lowest BCUT2D eigenvalue weighted by molar-refractivity contribution is -0.385. The van der Waals surface area contributed by atoms with Gasteiger partial charge < -0.3 is 9.64 Å². The van der Waals surface area contributed by atoms with Gasteiger partial charge in [-0.2, -0.15) is 0 Å². The molecule has 0 spiro atoms. The van der Waals surface area contributed by atoms with E-state index in [1.807, 2.05) is 0 Å². The summed E-state index contributed by atoms with van der Waals surface area (Å²) in [5.41, 5.74) is 0.781. The fraction of sp³-hybridized carbons (Fsp3) is 0.350. The number of nitrogens with zero attached hydrogens (tertiary/aromatic N) is 3. The molecule has 11 heteroatoms. The molecule has 1 amide bonds. The third-order valence-electron chi connectivity index (χ3n) is 4.65. The van der Waals surface area contributed by atoms with Gasteiger partial charge in [0.1, 0.15) is 5.75 Å². The molecule has 0 aromatic heterocycles. The van der Waals surface area contributed by atoms with Crippen LogP contribution in [-0.2, 0) is 20.2 Å². The fourth-order valence-corrected chi connectivity index (χ4v) is 4.45. The molecule has 166 valence electrons. The molecule has 10 nitrogen and oxygen atoms in total. The molecule has 1 aliphatic heterocycles. The van der Waals surface area contributed by atoms with Gasteiger partial charge in [0, 0.05) is 32.3 Å². The van der Waals surface area contributed by atoms with Gasteiger partial charge in [0.2, 0.25) is 5.75 Å². The second kappa shape index (κ2) is 9.57. The minimum atomic E-state index is -3.38. The molecule has 2 aromatic rings. The van der Waals surface area contributed by atoms with Crippen LogP contribution in [0.4, 0.5) is 5.69 Å². The Kier molecular flexibility index (Phi) is 7.07. The van der Waals surface area contributed by atoms with Crippen molar-refractivity contribution >= 4 is 19.3 Å². The average Bonchev–Trinajstić information content (AvgIpc) is 2.74. The van der Waals surface area contributed by atoms with Crippen LogP contribution in [0.5, 0.6) is 11.5 Å². The number of ether oxygens (including phenoxy) is 1. The molecule has 0 radical (unpaired) electrons. The minimum Gasteiger partial charge on any atom is -0.450 e. The third-order valence-corrected chi connectivity index (χ3v) is 6.65. The summed E-state index contributed by atoms with van der Waals surface area (Å²) in [7, 11) is 1.57. The Hall–Kier alpha value is -2.78. The predicted octanol–water partition coefficient (Wildman–Crippen LogP) is 4.07. The smallest absolute Gasteiger partial charge is 0.408 e. The molecule has 1 saturated heterocycles. The van der Waals surface area contributed by atoms with Gasteiger partial charge >= 0.3 is 13.4 Å². The van der Waals surface area contributed by atoms with Crippen molar-refractivity contribution in [1.82, 2.24) is 9.57 Å². The van der Waals surface area contributed by atoms with Crippen molar-refractivity contribution < 1.29 is 28.1 Å². The molecule has 1 unspecified atom stereocenters. The number of rotatable bonds is 7. The van der Waals surface area contributed by atoms with Crippen molar-refractivity contribution in [3.63, 3.8) is 0 Å². The summed E-state index contributed by atoms with van der Waals surface area (Å²) in [6.07, 6.45) is 0.762. The molecule has 0 N–H and O–H groups in total. The molecule has 0 saturated carbocycles. The van der Waals surface area contributed by atoms with Gasteiger partial charge in [-0.15, -0.1) is 0 Å². The summed E-state index contributed by atoms with van der Waals surface area (Å²) in [4.78, 5) is 24.3. The van der Waals surface area contributed by atoms with Crippen LogP contribution < -0.4 is 4.74 Å². The maximum Gasteiger partial charge on any atom is 0.408 e. The highest BCUT2D eigenvalue weighted by Gasteiger charge is 2.34. The largest absolute Gasteiger partial charge is 0.450 e. The van der Waals surface area contributed by atoms with Crippen LogP contribution in [0, 0.1) is 10.1 Å². The molecule has 1 heterocycles. The van der Waals surface area contributed by atoms with E-state index >= 15 is 0 Å². The van der Waals surface area contributed by atoms with E-state index in [0.29, 0.717) is 30.0 Å². The molecule has 31 heavy (non-hydrogen) atoms. The van der Waals surface area contributed by atoms with Gasteiger partial charge in [-0.25, -0.2) is 9.24 Å². The zero-order valence-electron chi connectivity index (χ0n) is 17.5. The first kappa shape index (κ1) is 22.9. The lowest BCUT2D eigenvalue weighted by atomic mass is 10.2. The minimum absolute atomic E-state index is 0.00832. The van der Waals surface area contributed by atoms with E-state index in [-0.39, 0.29) is 24.0 Å². The van der Waals surface area contributed by atoms with Gasteiger partial charge in [0.05, 0.1) is 18.1 Å². The Balaban J connectivity index is 1.78. The van der Waals surface area contributed by atoms with Gasteiger partial charge in [-0.05, 0) is 55.4 Å². The zero-order chi connectivity index (χ0) is 22.6. The number of nitro benzene ring substituents is 1. The second-order valence-corrected chi connectivity index (χ2v) is 9.33. The Morgan fingerprint density at radius 1 is 1.26 bits per heavy atom. The monoisotopic (exact) mass is 449 g/mol. The first-order valence-corrected chi connectivity index (χ1v) is 11.1. The number of hydrogen-bond acceptors (Lipinski definition) is 7. The molecule has 1 atom stereocenters. The summed E-state index contributed by atoms with van der Waals surface area (Å²) in [6, 6.07) is 10.6. The van der Waals surface area contributed by atoms with E-state index in [9.17, 15) is 19.5 Å². The predicted molar refractivity (Wildman–Crippen MR) is 113 cm³/mol. The Bertz CT molecular complexity index is 1010. The molecule has 0 bridgehead atoms. The van der Waals surface area contributed by atoms with Gasteiger partial charge in [-0.1, -0.05) is 0 Å². The van der Waals surface area contributed by atoms with Crippen molar-refractivity contribution in [3.05, 3.63) is 63.7 Å². The van der Waals surface area contributed by atoms with Crippen molar-refractivity contribution in [3.8, 4) is 11.5 Å². The summed E-state index contributed by atoms with van der Waals surface area (Å²) >= 11 is 0. The van der Waals surface area contributed by atoms with Crippen molar-refractivity contribution in [2.75, 3.05) is 34.3 Å². The highest BCUT2D eigenvalue weighted by Crippen LogP contribution is 2.53. The van der Waals surface area contributed by atoms with Gasteiger partial charge in [-0.3, -0.25) is 24.0 Å². The third kappa shape index (κ3) is 5.48. The molecular weight excluding hydrogens is 425 g/mol. The fourth-order valence-electron chi connectivity index (χ4n) is 2.92. The normalized spacial score (nSPS) is 19.1. The molecular formula is C20H24N3O7P. The lowest BCUT2D eigenvalue weighted by Gasteiger charge is -2.30. The SMILES string of the molecule is CN(C)C(=O)c1ccc(Oc2cc(COP3(=O)OCCCN3C)ccc2[N+](=O)[O-])cc1. The van der Waals surface area contributed by atoms with Crippen LogP contribution in [0.2, 0.25) is 0 Å². The number of hydrogen-bond donors (Lipinski definition) is 0. The van der Waals surface area contributed by atoms with Gasteiger partial charge in [0.25, 0.3) is 5.91 Å². The Morgan fingerprint density at radius 2 is 1.97 bits per heavy atom. The number of nitro groups is 1. The van der Waals surface area contributed by atoms with Crippen LogP contribution in [0.25, 0.3) is 0 Å². The highest BCUT2D eigenvalue weighted by molar-refractivity contribution is 7.51. The van der Waals surface area contributed by atoms with Crippen LogP contribution in [0.15, 0.2) is 42.5 Å². The zero-order valence-corrected chi connectivity index (χ0v) is 18.4. The Morgan fingerprint density at radius 3 is 2.58 bits per heavy atom. The second-order valence-electron chi connectivity index (χ2n) is 7.20. The number of benzene rings is 2.